The lowest BCUT2D eigenvalue weighted by Gasteiger charge is -2.08. The summed E-state index contributed by atoms with van der Waals surface area (Å²) in [5, 5.41) is 0. The number of rotatable bonds is 10. The maximum absolute atomic E-state index is 12.3. The second kappa shape index (κ2) is 10.8. The van der Waals surface area contributed by atoms with Crippen molar-refractivity contribution in [3.8, 4) is 5.75 Å². The highest BCUT2D eigenvalue weighted by Gasteiger charge is 2.14. The van der Waals surface area contributed by atoms with Gasteiger partial charge in [0.05, 0.1) is 17.7 Å². The molecule has 3 rings (SSSR count). The number of aryl methyl sites for hydroxylation is 2. The smallest absolute Gasteiger partial charge is 0.330 e. The Morgan fingerprint density at radius 2 is 1.75 bits per heavy atom. The van der Waals surface area contributed by atoms with E-state index in [0.29, 0.717) is 11.3 Å². The Balaban J connectivity index is 1.44. The summed E-state index contributed by atoms with van der Waals surface area (Å²) in [5.74, 6) is 0.750. The van der Waals surface area contributed by atoms with E-state index in [1.807, 2.05) is 26.0 Å². The van der Waals surface area contributed by atoms with Crippen LogP contribution in [0.4, 0.5) is 0 Å². The fraction of sp³-hybridized carbons (Fsp3) is 0.208. The molecule has 32 heavy (non-hydrogen) atoms. The van der Waals surface area contributed by atoms with Crippen LogP contribution in [0.1, 0.15) is 22.5 Å². The molecule has 0 saturated heterocycles. The molecule has 0 spiro atoms. The minimum Gasteiger partial charge on any atom is -0.490 e. The highest BCUT2D eigenvalue weighted by molar-refractivity contribution is 7.89. The minimum absolute atomic E-state index is 0.0655. The molecule has 0 fully saturated rings. The first-order valence-electron chi connectivity index (χ1n) is 10.00. The number of furan rings is 1. The number of benzene rings is 2. The Hall–Kier alpha value is -3.36. The molecule has 0 bridgehead atoms. The van der Waals surface area contributed by atoms with E-state index in [1.165, 1.54) is 24.5 Å². The summed E-state index contributed by atoms with van der Waals surface area (Å²) >= 11 is 0. The fourth-order valence-electron chi connectivity index (χ4n) is 2.95. The summed E-state index contributed by atoms with van der Waals surface area (Å²) in [6, 6.07) is 15.4. The zero-order chi connectivity index (χ0) is 23.0. The molecule has 168 valence electrons. The first kappa shape index (κ1) is 23.3. The van der Waals surface area contributed by atoms with Crippen LogP contribution < -0.4 is 9.46 Å². The summed E-state index contributed by atoms with van der Waals surface area (Å²) < 4.78 is 43.0. The first-order valence-corrected chi connectivity index (χ1v) is 11.5. The summed E-state index contributed by atoms with van der Waals surface area (Å²) in [6.45, 7) is 4.42. The van der Waals surface area contributed by atoms with Crippen molar-refractivity contribution in [3.05, 3.63) is 89.4 Å². The molecule has 0 radical (unpaired) electrons. The van der Waals surface area contributed by atoms with Crippen LogP contribution in [0.25, 0.3) is 6.08 Å². The Morgan fingerprint density at radius 1 is 1.03 bits per heavy atom. The Labute approximate surface area is 187 Å². The van der Waals surface area contributed by atoms with Gasteiger partial charge in [-0.3, -0.25) is 0 Å². The lowest BCUT2D eigenvalue weighted by molar-refractivity contribution is -0.138. The van der Waals surface area contributed by atoms with Crippen LogP contribution in [0.2, 0.25) is 0 Å². The standard InChI is InChI=1S/C24H25NO6S/c1-18-14-19(2)16-22(15-18)30-12-13-31-24(26)10-7-20-5-8-23(9-6-20)32(27,28)25-17-21-4-3-11-29-21/h3-11,14-16,25H,12-13,17H2,1-2H3/b10-7+. The Bertz CT molecular complexity index is 1150. The van der Waals surface area contributed by atoms with Crippen molar-refractivity contribution in [2.75, 3.05) is 13.2 Å². The number of ether oxygens (including phenoxy) is 2. The van der Waals surface area contributed by atoms with Gasteiger partial charge in [-0.2, -0.15) is 0 Å². The summed E-state index contributed by atoms with van der Waals surface area (Å²) in [4.78, 5) is 12.0. The van der Waals surface area contributed by atoms with Crippen LogP contribution in [-0.4, -0.2) is 27.6 Å². The van der Waals surface area contributed by atoms with E-state index in [1.54, 1.807) is 30.3 Å². The SMILES string of the molecule is Cc1cc(C)cc(OCCOC(=O)/C=C/c2ccc(S(=O)(=O)NCc3ccco3)cc2)c1. The van der Waals surface area contributed by atoms with Crippen LogP contribution >= 0.6 is 0 Å². The Morgan fingerprint density at radius 3 is 2.41 bits per heavy atom. The van der Waals surface area contributed by atoms with Gasteiger partial charge in [-0.25, -0.2) is 17.9 Å². The van der Waals surface area contributed by atoms with E-state index in [0.717, 1.165) is 16.9 Å². The van der Waals surface area contributed by atoms with Gasteiger partial charge in [0.15, 0.2) is 0 Å². The second-order valence-corrected chi connectivity index (χ2v) is 8.91. The van der Waals surface area contributed by atoms with Gasteiger partial charge >= 0.3 is 5.97 Å². The molecule has 0 aliphatic carbocycles. The van der Waals surface area contributed by atoms with Crippen LogP contribution in [0.15, 0.2) is 76.2 Å². The zero-order valence-corrected chi connectivity index (χ0v) is 18.7. The number of hydrogen-bond acceptors (Lipinski definition) is 6. The molecule has 3 aromatic rings. The maximum Gasteiger partial charge on any atom is 0.330 e. The molecule has 0 aliphatic rings. The molecule has 2 aromatic carbocycles. The van der Waals surface area contributed by atoms with Crippen molar-refractivity contribution in [2.45, 2.75) is 25.3 Å². The van der Waals surface area contributed by atoms with Crippen molar-refractivity contribution in [1.82, 2.24) is 4.72 Å². The summed E-state index contributed by atoms with van der Waals surface area (Å²) in [6.07, 6.45) is 4.32. The Kier molecular flexibility index (Phi) is 7.86. The van der Waals surface area contributed by atoms with Gasteiger partial charge < -0.3 is 13.9 Å². The normalized spacial score (nSPS) is 11.6. The molecular formula is C24H25NO6S. The van der Waals surface area contributed by atoms with Gasteiger partial charge in [-0.05, 0) is 73.0 Å². The summed E-state index contributed by atoms with van der Waals surface area (Å²) in [7, 11) is -3.67. The van der Waals surface area contributed by atoms with Crippen LogP contribution in [-0.2, 0) is 26.1 Å². The number of esters is 1. The zero-order valence-electron chi connectivity index (χ0n) is 17.9. The third kappa shape index (κ3) is 7.11. The van der Waals surface area contributed by atoms with E-state index < -0.39 is 16.0 Å². The topological polar surface area (TPSA) is 94.8 Å². The molecule has 8 heteroatoms. The monoisotopic (exact) mass is 455 g/mol. The second-order valence-electron chi connectivity index (χ2n) is 7.15. The van der Waals surface area contributed by atoms with E-state index in [9.17, 15) is 13.2 Å². The fourth-order valence-corrected chi connectivity index (χ4v) is 3.94. The number of carbonyl (C=O) groups excluding carboxylic acids is 1. The quantitative estimate of drug-likeness (QED) is 0.282. The van der Waals surface area contributed by atoms with E-state index in [-0.39, 0.29) is 24.7 Å². The van der Waals surface area contributed by atoms with Crippen LogP contribution in [0.3, 0.4) is 0 Å². The van der Waals surface area contributed by atoms with Gasteiger partial charge in [0.25, 0.3) is 0 Å². The predicted molar refractivity (Wildman–Crippen MR) is 121 cm³/mol. The molecule has 0 aliphatic heterocycles. The van der Waals surface area contributed by atoms with Gasteiger partial charge in [0, 0.05) is 6.08 Å². The van der Waals surface area contributed by atoms with Gasteiger partial charge in [0.1, 0.15) is 24.7 Å². The third-order valence-electron chi connectivity index (χ3n) is 4.41. The van der Waals surface area contributed by atoms with E-state index in [4.69, 9.17) is 13.9 Å². The number of carbonyl (C=O) groups is 1. The van der Waals surface area contributed by atoms with Crippen molar-refractivity contribution in [3.63, 3.8) is 0 Å². The molecule has 0 saturated carbocycles. The summed E-state index contributed by atoms with van der Waals surface area (Å²) in [5.41, 5.74) is 2.87. The molecule has 1 heterocycles. The van der Waals surface area contributed by atoms with Crippen molar-refractivity contribution in [2.24, 2.45) is 0 Å². The molecule has 0 atom stereocenters. The average Bonchev–Trinajstić information content (AvgIpc) is 3.27. The first-order chi connectivity index (χ1) is 15.3. The van der Waals surface area contributed by atoms with Gasteiger partial charge in [-0.1, -0.05) is 18.2 Å². The van der Waals surface area contributed by atoms with Crippen LogP contribution in [0.5, 0.6) is 5.75 Å². The van der Waals surface area contributed by atoms with Crippen molar-refractivity contribution >= 4 is 22.1 Å². The largest absolute Gasteiger partial charge is 0.490 e. The molecular weight excluding hydrogens is 430 g/mol. The number of hydrogen-bond donors (Lipinski definition) is 1. The molecule has 0 unspecified atom stereocenters. The van der Waals surface area contributed by atoms with Gasteiger partial charge in [0.2, 0.25) is 10.0 Å². The number of sulfonamides is 1. The number of nitrogens with one attached hydrogen (secondary N) is 1. The molecule has 0 amide bonds. The average molecular weight is 456 g/mol. The molecule has 1 aromatic heterocycles. The lowest BCUT2D eigenvalue weighted by atomic mass is 10.1. The van der Waals surface area contributed by atoms with Crippen molar-refractivity contribution in [1.29, 1.82) is 0 Å². The minimum atomic E-state index is -3.67. The van der Waals surface area contributed by atoms with E-state index >= 15 is 0 Å². The van der Waals surface area contributed by atoms with Crippen molar-refractivity contribution < 1.29 is 27.1 Å². The van der Waals surface area contributed by atoms with Gasteiger partial charge in [-0.15, -0.1) is 0 Å². The highest BCUT2D eigenvalue weighted by atomic mass is 32.2. The maximum atomic E-state index is 12.3. The van der Waals surface area contributed by atoms with E-state index in [2.05, 4.69) is 10.8 Å². The predicted octanol–water partition coefficient (Wildman–Crippen LogP) is 4.01. The molecule has 1 N–H and O–H groups in total. The van der Waals surface area contributed by atoms with Crippen LogP contribution in [0, 0.1) is 13.8 Å². The lowest BCUT2D eigenvalue weighted by Crippen LogP contribution is -2.22. The molecule has 7 nitrogen and oxygen atoms in total. The highest BCUT2D eigenvalue weighted by Crippen LogP contribution is 2.16. The third-order valence-corrected chi connectivity index (χ3v) is 5.83.